The molecule has 2 nitrogen and oxygen atoms in total. The Balaban J connectivity index is 2.58. The second kappa shape index (κ2) is 7.31. The Labute approximate surface area is 162 Å². The smallest absolute Gasteiger partial charge is 0.373 e. The molecule has 4 atom stereocenters. The minimum atomic E-state index is -6.25. The molecule has 2 rings (SSSR count). The van der Waals surface area contributed by atoms with Crippen LogP contribution in [-0.4, -0.2) is 46.1 Å². The summed E-state index contributed by atoms with van der Waals surface area (Å²) in [4.78, 5) is 0. The summed E-state index contributed by atoms with van der Waals surface area (Å²) in [7, 11) is 0. The normalized spacial score (nSPS) is 30.2. The highest BCUT2D eigenvalue weighted by Gasteiger charge is 2.79. The summed E-state index contributed by atoms with van der Waals surface area (Å²) in [5.41, 5.74) is -10.6. The van der Waals surface area contributed by atoms with Gasteiger partial charge in [0, 0.05) is 11.8 Å². The van der Waals surface area contributed by atoms with Crippen LogP contribution < -0.4 is 0 Å². The van der Waals surface area contributed by atoms with Gasteiger partial charge in [0.25, 0.3) is 11.2 Å². The van der Waals surface area contributed by atoms with Gasteiger partial charge >= 0.3 is 24.7 Å². The van der Waals surface area contributed by atoms with Crippen molar-refractivity contribution in [3.05, 3.63) is 0 Å². The van der Waals surface area contributed by atoms with E-state index >= 15 is 0 Å². The Morgan fingerprint density at radius 1 is 0.433 bits per heavy atom. The number of fused-ring (bicyclic) bond motifs is 1. The molecule has 0 spiro atoms. The van der Waals surface area contributed by atoms with Gasteiger partial charge in [-0.05, 0) is 37.5 Å². The van der Waals surface area contributed by atoms with Crippen LogP contribution in [0.3, 0.4) is 0 Å². The number of hydrogen-bond donors (Lipinski definition) is 2. The fourth-order valence-corrected chi connectivity index (χ4v) is 5.17. The van der Waals surface area contributed by atoms with Crippen LogP contribution in [0.15, 0.2) is 0 Å². The van der Waals surface area contributed by atoms with Gasteiger partial charge in [-0.15, -0.1) is 0 Å². The van der Waals surface area contributed by atoms with E-state index in [-0.39, 0.29) is 12.8 Å². The van der Waals surface area contributed by atoms with Crippen LogP contribution >= 0.6 is 0 Å². The second-order valence-electron chi connectivity index (χ2n) is 7.93. The Hall–Kier alpha value is -0.920. The van der Waals surface area contributed by atoms with Crippen LogP contribution in [-0.2, 0) is 0 Å². The van der Waals surface area contributed by atoms with Gasteiger partial charge in [-0.25, -0.2) is 0 Å². The van der Waals surface area contributed by atoms with Gasteiger partial charge in [-0.2, -0.15) is 52.7 Å². The third kappa shape index (κ3) is 3.65. The van der Waals surface area contributed by atoms with E-state index in [4.69, 9.17) is 0 Å². The molecule has 0 heterocycles. The third-order valence-corrected chi connectivity index (χ3v) is 6.50. The van der Waals surface area contributed by atoms with Crippen molar-refractivity contribution in [1.29, 1.82) is 0 Å². The first-order chi connectivity index (χ1) is 13.2. The highest BCUT2D eigenvalue weighted by Crippen LogP contribution is 2.62. The summed E-state index contributed by atoms with van der Waals surface area (Å²) in [5, 5.41) is 19.4. The first kappa shape index (κ1) is 25.3. The summed E-state index contributed by atoms with van der Waals surface area (Å²) in [6.07, 6.45) is -29.0. The lowest BCUT2D eigenvalue weighted by Gasteiger charge is -2.54. The van der Waals surface area contributed by atoms with Crippen molar-refractivity contribution in [3.8, 4) is 0 Å². The predicted octanol–water partition coefficient (Wildman–Crippen LogP) is 5.53. The van der Waals surface area contributed by atoms with Gasteiger partial charge in [-0.1, -0.05) is 12.8 Å². The Bertz CT molecular complexity index is 536. The molecule has 2 fully saturated rings. The van der Waals surface area contributed by atoms with E-state index < -0.39 is 85.3 Å². The molecule has 0 bridgehead atoms. The number of halogens is 12. The highest BCUT2D eigenvalue weighted by molar-refractivity contribution is 5.10. The number of rotatable bonds is 2. The lowest BCUT2D eigenvalue weighted by molar-refractivity contribution is -0.409. The third-order valence-electron chi connectivity index (χ3n) is 6.50. The van der Waals surface area contributed by atoms with Crippen molar-refractivity contribution in [2.24, 2.45) is 23.7 Å². The van der Waals surface area contributed by atoms with Gasteiger partial charge in [0.2, 0.25) is 0 Å². The average molecular weight is 470 g/mol. The fraction of sp³-hybridized carbons (Fsp3) is 1.00. The summed E-state index contributed by atoms with van der Waals surface area (Å²) in [6.45, 7) is 0. The largest absolute Gasteiger partial charge is 0.426 e. The average Bonchev–Trinajstić information content (AvgIpc) is 2.55. The van der Waals surface area contributed by atoms with E-state index in [1.165, 1.54) is 0 Å². The standard InChI is InChI=1S/C16H18F12O2/c17-13(18,19)11(29,14(20,21)22)9-5-6-10(8-4-2-1-3-7(8)9)12(30,15(23,24)25)16(26,27)28/h7-10,29-30H,1-6H2. The molecule has 0 amide bonds. The minimum Gasteiger partial charge on any atom is -0.373 e. The SMILES string of the molecule is OC(C1CCC(C(O)(C(F)(F)F)C(F)(F)F)C2CCCCC21)(C(F)(F)F)C(F)(F)F. The molecule has 14 heteroatoms. The molecule has 0 radical (unpaired) electrons. The quantitative estimate of drug-likeness (QED) is 0.522. The van der Waals surface area contributed by atoms with Gasteiger partial charge in [-0.3, -0.25) is 0 Å². The zero-order chi connectivity index (χ0) is 23.6. The predicted molar refractivity (Wildman–Crippen MR) is 75.8 cm³/mol. The summed E-state index contributed by atoms with van der Waals surface area (Å²) in [6, 6.07) is 0. The van der Waals surface area contributed by atoms with E-state index in [1.54, 1.807) is 0 Å². The van der Waals surface area contributed by atoms with Crippen molar-refractivity contribution < 1.29 is 62.9 Å². The molecule has 0 aromatic carbocycles. The lowest BCUT2D eigenvalue weighted by Crippen LogP contribution is -2.69. The van der Waals surface area contributed by atoms with Crippen molar-refractivity contribution in [2.75, 3.05) is 0 Å². The van der Waals surface area contributed by atoms with Crippen LogP contribution in [0.25, 0.3) is 0 Å². The van der Waals surface area contributed by atoms with E-state index in [0.717, 1.165) is 0 Å². The van der Waals surface area contributed by atoms with Gasteiger partial charge < -0.3 is 10.2 Å². The number of hydrogen-bond acceptors (Lipinski definition) is 2. The summed E-state index contributed by atoms with van der Waals surface area (Å²) < 4.78 is 159. The van der Waals surface area contributed by atoms with Crippen LogP contribution in [0.2, 0.25) is 0 Å². The molecule has 2 N–H and O–H groups in total. The molecule has 2 aliphatic rings. The molecule has 4 unspecified atom stereocenters. The lowest BCUT2D eigenvalue weighted by atomic mass is 9.54. The number of alkyl halides is 12. The Kier molecular flexibility index (Phi) is 6.17. The molecule has 0 aromatic rings. The van der Waals surface area contributed by atoms with E-state index in [2.05, 4.69) is 0 Å². The van der Waals surface area contributed by atoms with Gasteiger partial charge in [0.05, 0.1) is 0 Å². The summed E-state index contributed by atoms with van der Waals surface area (Å²) in [5.74, 6) is -9.27. The highest BCUT2D eigenvalue weighted by atomic mass is 19.4. The van der Waals surface area contributed by atoms with Crippen LogP contribution in [0.5, 0.6) is 0 Å². The summed E-state index contributed by atoms with van der Waals surface area (Å²) >= 11 is 0. The topological polar surface area (TPSA) is 40.5 Å². The number of aliphatic hydroxyl groups is 2. The maximum Gasteiger partial charge on any atom is 0.426 e. The Morgan fingerprint density at radius 3 is 0.867 bits per heavy atom. The van der Waals surface area contributed by atoms with Crippen molar-refractivity contribution in [2.45, 2.75) is 74.4 Å². The van der Waals surface area contributed by atoms with Gasteiger partial charge in [0.1, 0.15) is 0 Å². The molecule has 30 heavy (non-hydrogen) atoms. The maximum absolute atomic E-state index is 13.3. The molecular formula is C16H18F12O2. The molecule has 178 valence electrons. The van der Waals surface area contributed by atoms with Crippen LogP contribution in [0.1, 0.15) is 38.5 Å². The van der Waals surface area contributed by atoms with Crippen molar-refractivity contribution >= 4 is 0 Å². The van der Waals surface area contributed by atoms with E-state index in [1.807, 2.05) is 0 Å². The second-order valence-corrected chi connectivity index (χ2v) is 7.93. The fourth-order valence-electron chi connectivity index (χ4n) is 5.17. The van der Waals surface area contributed by atoms with E-state index in [9.17, 15) is 62.9 Å². The molecule has 2 aliphatic carbocycles. The first-order valence-corrected chi connectivity index (χ1v) is 8.93. The van der Waals surface area contributed by atoms with Crippen LogP contribution in [0.4, 0.5) is 52.7 Å². The first-order valence-electron chi connectivity index (χ1n) is 8.93. The molecule has 0 aliphatic heterocycles. The zero-order valence-electron chi connectivity index (χ0n) is 15.0. The van der Waals surface area contributed by atoms with Crippen LogP contribution in [0, 0.1) is 23.7 Å². The molecular weight excluding hydrogens is 452 g/mol. The van der Waals surface area contributed by atoms with Crippen molar-refractivity contribution in [1.82, 2.24) is 0 Å². The minimum absolute atomic E-state index is 0.0351. The van der Waals surface area contributed by atoms with Gasteiger partial charge in [0.15, 0.2) is 0 Å². The molecule has 2 saturated carbocycles. The molecule has 0 aromatic heterocycles. The van der Waals surface area contributed by atoms with E-state index in [0.29, 0.717) is 0 Å². The monoisotopic (exact) mass is 470 g/mol. The maximum atomic E-state index is 13.3. The Morgan fingerprint density at radius 2 is 0.667 bits per heavy atom. The van der Waals surface area contributed by atoms with Crippen molar-refractivity contribution in [3.63, 3.8) is 0 Å². The zero-order valence-corrected chi connectivity index (χ0v) is 15.0. The molecule has 0 saturated heterocycles.